The number of nitrogens with one attached hydrogen (secondary N) is 1. The number of benzene rings is 1. The van der Waals surface area contributed by atoms with Gasteiger partial charge in [0.05, 0.1) is 21.2 Å². The minimum Gasteiger partial charge on any atom is -0.482 e. The maximum Gasteiger partial charge on any atom is 0.257 e. The number of hydrogen-bond acceptors (Lipinski definition) is 3. The molecule has 1 amide bonds. The molecule has 7 heteroatoms. The first-order valence-electron chi connectivity index (χ1n) is 6.55. The van der Waals surface area contributed by atoms with E-state index in [0.717, 1.165) is 6.42 Å². The van der Waals surface area contributed by atoms with Crippen LogP contribution in [0.4, 0.5) is 0 Å². The summed E-state index contributed by atoms with van der Waals surface area (Å²) < 4.78 is 10.7. The fraction of sp³-hybridized carbons (Fsp3) is 0.500. The van der Waals surface area contributed by atoms with Gasteiger partial charge in [0.1, 0.15) is 5.75 Å². The van der Waals surface area contributed by atoms with Crippen molar-refractivity contribution in [2.75, 3.05) is 19.8 Å². The first-order chi connectivity index (χ1) is 9.90. The molecule has 4 nitrogen and oxygen atoms in total. The van der Waals surface area contributed by atoms with Crippen molar-refractivity contribution in [2.45, 2.75) is 26.4 Å². The molecular weight excluding hydrogens is 337 g/mol. The van der Waals surface area contributed by atoms with Crippen LogP contribution in [0.25, 0.3) is 0 Å². The highest BCUT2D eigenvalue weighted by Gasteiger charge is 2.09. The SMILES string of the molecule is CC(C)OCCCNC(=O)COc1cc(Cl)c(Cl)cc1Cl. The Morgan fingerprint density at radius 3 is 2.52 bits per heavy atom. The van der Waals surface area contributed by atoms with Crippen molar-refractivity contribution in [1.82, 2.24) is 5.32 Å². The van der Waals surface area contributed by atoms with Gasteiger partial charge in [0.25, 0.3) is 5.91 Å². The van der Waals surface area contributed by atoms with Crippen LogP contribution in [0.1, 0.15) is 20.3 Å². The van der Waals surface area contributed by atoms with Crippen molar-refractivity contribution >= 4 is 40.7 Å². The predicted octanol–water partition coefficient (Wildman–Crippen LogP) is 3.96. The average molecular weight is 355 g/mol. The fourth-order valence-electron chi connectivity index (χ4n) is 1.43. The van der Waals surface area contributed by atoms with Crippen molar-refractivity contribution in [1.29, 1.82) is 0 Å². The normalized spacial score (nSPS) is 10.8. The zero-order valence-corrected chi connectivity index (χ0v) is 14.2. The highest BCUT2D eigenvalue weighted by Crippen LogP contribution is 2.33. The van der Waals surface area contributed by atoms with E-state index in [1.807, 2.05) is 13.8 Å². The van der Waals surface area contributed by atoms with Gasteiger partial charge in [-0.15, -0.1) is 0 Å². The van der Waals surface area contributed by atoms with E-state index in [9.17, 15) is 4.79 Å². The molecule has 0 heterocycles. The number of hydrogen-bond donors (Lipinski definition) is 1. The van der Waals surface area contributed by atoms with Crippen LogP contribution in [0.5, 0.6) is 5.75 Å². The van der Waals surface area contributed by atoms with Crippen molar-refractivity contribution in [3.63, 3.8) is 0 Å². The average Bonchev–Trinajstić information content (AvgIpc) is 2.40. The van der Waals surface area contributed by atoms with Crippen LogP contribution in [0, 0.1) is 0 Å². The highest BCUT2D eigenvalue weighted by atomic mass is 35.5. The number of amides is 1. The summed E-state index contributed by atoms with van der Waals surface area (Å²) in [6.45, 7) is 4.94. The van der Waals surface area contributed by atoms with E-state index in [1.165, 1.54) is 12.1 Å². The number of ether oxygens (including phenoxy) is 2. The van der Waals surface area contributed by atoms with Crippen LogP contribution in [0.2, 0.25) is 15.1 Å². The molecule has 0 radical (unpaired) electrons. The summed E-state index contributed by atoms with van der Waals surface area (Å²) in [4.78, 5) is 11.6. The van der Waals surface area contributed by atoms with E-state index in [1.54, 1.807) is 0 Å². The molecule has 0 aromatic heterocycles. The topological polar surface area (TPSA) is 47.6 Å². The van der Waals surface area contributed by atoms with Crippen LogP contribution in [0.15, 0.2) is 12.1 Å². The van der Waals surface area contributed by atoms with Crippen LogP contribution >= 0.6 is 34.8 Å². The molecule has 0 aliphatic carbocycles. The zero-order valence-electron chi connectivity index (χ0n) is 11.9. The molecule has 21 heavy (non-hydrogen) atoms. The number of rotatable bonds is 8. The third kappa shape index (κ3) is 7.23. The van der Waals surface area contributed by atoms with E-state index in [0.29, 0.717) is 34.0 Å². The summed E-state index contributed by atoms with van der Waals surface area (Å²) in [7, 11) is 0. The van der Waals surface area contributed by atoms with Gasteiger partial charge in [-0.1, -0.05) is 34.8 Å². The summed E-state index contributed by atoms with van der Waals surface area (Å²) >= 11 is 17.6. The fourth-order valence-corrected chi connectivity index (χ4v) is 2.02. The summed E-state index contributed by atoms with van der Waals surface area (Å²) in [5.74, 6) is 0.0889. The van der Waals surface area contributed by atoms with Crippen LogP contribution in [-0.2, 0) is 9.53 Å². The van der Waals surface area contributed by atoms with Gasteiger partial charge >= 0.3 is 0 Å². The molecule has 1 aromatic rings. The summed E-state index contributed by atoms with van der Waals surface area (Å²) in [6.07, 6.45) is 0.943. The first kappa shape index (κ1) is 18.4. The van der Waals surface area contributed by atoms with Crippen LogP contribution in [-0.4, -0.2) is 31.8 Å². The molecule has 0 bridgehead atoms. The Bertz CT molecular complexity index is 481. The Hall–Kier alpha value is -0.680. The molecule has 0 saturated heterocycles. The number of carbonyl (C=O) groups is 1. The minimum absolute atomic E-state index is 0.136. The van der Waals surface area contributed by atoms with Crippen molar-refractivity contribution in [3.05, 3.63) is 27.2 Å². The third-order valence-corrected chi connectivity index (χ3v) is 3.45. The van der Waals surface area contributed by atoms with E-state index in [-0.39, 0.29) is 18.6 Å². The molecule has 118 valence electrons. The lowest BCUT2D eigenvalue weighted by Crippen LogP contribution is -2.30. The molecular formula is C14H18Cl3NO3. The van der Waals surface area contributed by atoms with Crippen molar-refractivity contribution in [3.8, 4) is 5.75 Å². The highest BCUT2D eigenvalue weighted by molar-refractivity contribution is 6.43. The van der Waals surface area contributed by atoms with Crippen LogP contribution in [0.3, 0.4) is 0 Å². The maximum atomic E-state index is 11.6. The van der Waals surface area contributed by atoms with E-state index < -0.39 is 0 Å². The maximum absolute atomic E-state index is 11.6. The molecule has 1 N–H and O–H groups in total. The molecule has 0 fully saturated rings. The van der Waals surface area contributed by atoms with E-state index >= 15 is 0 Å². The van der Waals surface area contributed by atoms with Crippen molar-refractivity contribution < 1.29 is 14.3 Å². The smallest absolute Gasteiger partial charge is 0.257 e. The summed E-state index contributed by atoms with van der Waals surface area (Å²) in [5, 5.41) is 3.69. The lowest BCUT2D eigenvalue weighted by Gasteiger charge is -2.10. The molecule has 0 saturated carbocycles. The third-order valence-electron chi connectivity index (χ3n) is 2.43. The van der Waals surface area contributed by atoms with Gasteiger partial charge in [-0.2, -0.15) is 0 Å². The van der Waals surface area contributed by atoms with Crippen LogP contribution < -0.4 is 10.1 Å². The monoisotopic (exact) mass is 353 g/mol. The quantitative estimate of drug-likeness (QED) is 0.568. The Morgan fingerprint density at radius 2 is 1.86 bits per heavy atom. The number of carbonyl (C=O) groups excluding carboxylic acids is 1. The first-order valence-corrected chi connectivity index (χ1v) is 7.69. The van der Waals surface area contributed by atoms with Gasteiger partial charge in [-0.25, -0.2) is 0 Å². The Morgan fingerprint density at radius 1 is 1.19 bits per heavy atom. The summed E-state index contributed by atoms with van der Waals surface area (Å²) in [6, 6.07) is 2.96. The van der Waals surface area contributed by atoms with Gasteiger partial charge < -0.3 is 14.8 Å². The van der Waals surface area contributed by atoms with E-state index in [2.05, 4.69) is 5.32 Å². The zero-order chi connectivity index (χ0) is 15.8. The summed E-state index contributed by atoms with van der Waals surface area (Å²) in [5.41, 5.74) is 0. The van der Waals surface area contributed by atoms with Gasteiger partial charge in [0.15, 0.2) is 6.61 Å². The molecule has 0 aliphatic heterocycles. The Kier molecular flexibility index (Phi) is 8.19. The van der Waals surface area contributed by atoms with Gasteiger partial charge in [-0.05, 0) is 26.3 Å². The number of halogens is 3. The predicted molar refractivity (Wildman–Crippen MR) is 85.7 cm³/mol. The standard InChI is InChI=1S/C14H18Cl3NO3/c1-9(2)20-5-3-4-18-14(19)8-21-13-7-11(16)10(15)6-12(13)17/h6-7,9H,3-5,8H2,1-2H3,(H,18,19). The lowest BCUT2D eigenvalue weighted by molar-refractivity contribution is -0.123. The Balaban J connectivity index is 2.29. The molecule has 0 unspecified atom stereocenters. The van der Waals surface area contributed by atoms with Gasteiger partial charge in [-0.3, -0.25) is 4.79 Å². The second-order valence-corrected chi connectivity index (χ2v) is 5.83. The van der Waals surface area contributed by atoms with Gasteiger partial charge in [0, 0.05) is 19.2 Å². The Labute approximate surface area is 139 Å². The lowest BCUT2D eigenvalue weighted by atomic mass is 10.3. The molecule has 0 spiro atoms. The second kappa shape index (κ2) is 9.36. The second-order valence-electron chi connectivity index (χ2n) is 4.61. The van der Waals surface area contributed by atoms with Gasteiger partial charge in [0.2, 0.25) is 0 Å². The molecule has 1 aromatic carbocycles. The minimum atomic E-state index is -0.235. The van der Waals surface area contributed by atoms with Crippen molar-refractivity contribution in [2.24, 2.45) is 0 Å². The largest absolute Gasteiger partial charge is 0.482 e. The molecule has 0 atom stereocenters. The molecule has 0 aliphatic rings. The molecule has 1 rings (SSSR count). The van der Waals surface area contributed by atoms with E-state index in [4.69, 9.17) is 44.3 Å².